The number of ketones is 1. The van der Waals surface area contributed by atoms with Gasteiger partial charge in [0.15, 0.2) is 0 Å². The number of carbonyl (C=O) groups is 2. The van der Waals surface area contributed by atoms with Gasteiger partial charge in [-0.3, -0.25) is 14.6 Å². The molecule has 6 nitrogen and oxygen atoms in total. The summed E-state index contributed by atoms with van der Waals surface area (Å²) < 4.78 is 5.10. The summed E-state index contributed by atoms with van der Waals surface area (Å²) in [6.07, 6.45) is 3.20. The minimum Gasteiger partial charge on any atom is -0.507 e. The molecular weight excluding hydrogens is 368 g/mol. The second-order valence-electron chi connectivity index (χ2n) is 6.83. The largest absolute Gasteiger partial charge is 0.507 e. The number of hydrogen-bond donors (Lipinski definition) is 1. The minimum atomic E-state index is -0.700. The highest BCUT2D eigenvalue weighted by molar-refractivity contribution is 6.46. The monoisotopic (exact) mass is 388 g/mol. The maximum absolute atomic E-state index is 12.9. The van der Waals surface area contributed by atoms with Gasteiger partial charge in [0.25, 0.3) is 11.7 Å². The van der Waals surface area contributed by atoms with Gasteiger partial charge < -0.3 is 14.7 Å². The molecule has 6 heteroatoms. The van der Waals surface area contributed by atoms with Gasteiger partial charge in [-0.1, -0.05) is 36.4 Å². The second kappa shape index (κ2) is 7.85. The predicted molar refractivity (Wildman–Crippen MR) is 109 cm³/mol. The first-order chi connectivity index (χ1) is 14.1. The molecule has 2 aromatic carbocycles. The summed E-state index contributed by atoms with van der Waals surface area (Å²) in [5, 5.41) is 13.0. The van der Waals surface area contributed by atoms with Crippen molar-refractivity contribution in [2.24, 2.45) is 0 Å². The summed E-state index contributed by atoms with van der Waals surface area (Å²) in [5.41, 5.74) is 1.28. The van der Waals surface area contributed by atoms with Gasteiger partial charge in [-0.25, -0.2) is 0 Å². The van der Waals surface area contributed by atoms with Gasteiger partial charge >= 0.3 is 0 Å². The fourth-order valence-electron chi connectivity index (χ4n) is 3.68. The molecule has 0 spiro atoms. The molecule has 0 saturated carbocycles. The van der Waals surface area contributed by atoms with Crippen molar-refractivity contribution in [1.29, 1.82) is 0 Å². The highest BCUT2D eigenvalue weighted by Gasteiger charge is 2.45. The number of ether oxygens (including phenoxy) is 1. The fourth-order valence-corrected chi connectivity index (χ4v) is 3.68. The van der Waals surface area contributed by atoms with E-state index in [2.05, 4.69) is 4.98 Å². The zero-order valence-corrected chi connectivity index (χ0v) is 15.9. The van der Waals surface area contributed by atoms with Gasteiger partial charge in [-0.05, 0) is 34.5 Å². The Morgan fingerprint density at radius 3 is 2.52 bits per heavy atom. The fraction of sp³-hybridized carbons (Fsp3) is 0.174. The quantitative estimate of drug-likeness (QED) is 0.412. The van der Waals surface area contributed by atoms with E-state index >= 15 is 0 Å². The van der Waals surface area contributed by atoms with Crippen LogP contribution < -0.4 is 0 Å². The van der Waals surface area contributed by atoms with Crippen molar-refractivity contribution >= 4 is 28.2 Å². The normalized spacial score (nSPS) is 18.5. The van der Waals surface area contributed by atoms with Crippen LogP contribution in [-0.2, 0) is 14.3 Å². The third-order valence-electron chi connectivity index (χ3n) is 5.12. The Labute approximate surface area is 168 Å². The zero-order valence-electron chi connectivity index (χ0n) is 15.9. The molecule has 0 aliphatic carbocycles. The van der Waals surface area contributed by atoms with Crippen LogP contribution in [0.15, 0.2) is 72.6 Å². The van der Waals surface area contributed by atoms with Crippen molar-refractivity contribution in [3.63, 3.8) is 0 Å². The Morgan fingerprint density at radius 1 is 1.07 bits per heavy atom. The van der Waals surface area contributed by atoms with E-state index in [1.807, 2.05) is 36.4 Å². The minimum absolute atomic E-state index is 0.0765. The molecule has 2 heterocycles. The molecule has 1 aliphatic heterocycles. The van der Waals surface area contributed by atoms with E-state index in [1.54, 1.807) is 30.6 Å². The van der Waals surface area contributed by atoms with Crippen LogP contribution in [0.25, 0.3) is 16.5 Å². The third-order valence-corrected chi connectivity index (χ3v) is 5.12. The lowest BCUT2D eigenvalue weighted by atomic mass is 9.95. The number of methoxy groups -OCH3 is 1. The number of aliphatic hydroxyl groups is 1. The molecule has 1 unspecified atom stereocenters. The van der Waals surface area contributed by atoms with Gasteiger partial charge in [0.1, 0.15) is 5.76 Å². The van der Waals surface area contributed by atoms with Crippen molar-refractivity contribution in [2.75, 3.05) is 20.3 Å². The van der Waals surface area contributed by atoms with E-state index < -0.39 is 17.7 Å². The summed E-state index contributed by atoms with van der Waals surface area (Å²) >= 11 is 0. The summed E-state index contributed by atoms with van der Waals surface area (Å²) in [7, 11) is 1.53. The second-order valence-corrected chi connectivity index (χ2v) is 6.83. The highest BCUT2D eigenvalue weighted by Crippen LogP contribution is 2.39. The molecule has 1 atom stereocenters. The van der Waals surface area contributed by atoms with Crippen LogP contribution in [0.1, 0.15) is 17.2 Å². The first-order valence-electron chi connectivity index (χ1n) is 9.28. The standard InChI is InChI=1S/C23H20N2O4/c1-29-13-12-25-20(16-8-10-24-11-9-16)19(22(27)23(25)28)21(26)18-7-6-15-4-2-3-5-17(15)14-18/h2-11,14,20,26H,12-13H2,1H3/b21-19-. The SMILES string of the molecule is COCCN1C(=O)C(=O)/C(=C(\O)c2ccc3ccccc3c2)C1c1ccncc1. The average molecular weight is 388 g/mol. The van der Waals surface area contributed by atoms with E-state index in [-0.39, 0.29) is 24.5 Å². The van der Waals surface area contributed by atoms with Gasteiger partial charge in [0.05, 0.1) is 18.2 Å². The Balaban J connectivity index is 1.87. The summed E-state index contributed by atoms with van der Waals surface area (Å²) in [4.78, 5) is 31.0. The van der Waals surface area contributed by atoms with E-state index in [9.17, 15) is 14.7 Å². The maximum atomic E-state index is 12.9. The molecule has 3 aromatic rings. The lowest BCUT2D eigenvalue weighted by Gasteiger charge is -2.24. The van der Waals surface area contributed by atoms with Crippen molar-refractivity contribution in [3.8, 4) is 0 Å². The van der Waals surface area contributed by atoms with Crippen LogP contribution in [0.4, 0.5) is 0 Å². The van der Waals surface area contributed by atoms with Crippen LogP contribution >= 0.6 is 0 Å². The number of likely N-dealkylation sites (tertiary alicyclic amines) is 1. The molecule has 0 bridgehead atoms. The maximum Gasteiger partial charge on any atom is 0.295 e. The number of carbonyl (C=O) groups excluding carboxylic acids is 2. The third kappa shape index (κ3) is 3.39. The molecule has 1 aromatic heterocycles. The number of amides is 1. The molecular formula is C23H20N2O4. The predicted octanol–water partition coefficient (Wildman–Crippen LogP) is 3.30. The van der Waals surface area contributed by atoms with Crippen molar-refractivity contribution in [1.82, 2.24) is 9.88 Å². The smallest absolute Gasteiger partial charge is 0.295 e. The molecule has 4 rings (SSSR count). The summed E-state index contributed by atoms with van der Waals surface area (Å²) in [6.45, 7) is 0.521. The summed E-state index contributed by atoms with van der Waals surface area (Å²) in [5.74, 6) is -1.53. The Kier molecular flexibility index (Phi) is 5.10. The Bertz CT molecular complexity index is 1110. The Hall–Kier alpha value is -3.51. The van der Waals surface area contributed by atoms with Gasteiger partial charge in [-0.2, -0.15) is 0 Å². The number of fused-ring (bicyclic) bond motifs is 1. The molecule has 146 valence electrons. The number of hydrogen-bond acceptors (Lipinski definition) is 5. The van der Waals surface area contributed by atoms with Crippen LogP contribution in [0.2, 0.25) is 0 Å². The van der Waals surface area contributed by atoms with E-state index in [4.69, 9.17) is 4.74 Å². The number of nitrogens with zero attached hydrogens (tertiary/aromatic N) is 2. The van der Waals surface area contributed by atoms with Crippen LogP contribution in [-0.4, -0.2) is 46.9 Å². The lowest BCUT2D eigenvalue weighted by molar-refractivity contribution is -0.140. The number of rotatable bonds is 5. The number of pyridine rings is 1. The summed E-state index contributed by atoms with van der Waals surface area (Å²) in [6, 6.07) is 16.0. The lowest BCUT2D eigenvalue weighted by Crippen LogP contribution is -2.32. The number of benzene rings is 2. The van der Waals surface area contributed by atoms with Gasteiger partial charge in [0.2, 0.25) is 0 Å². The van der Waals surface area contributed by atoms with Gasteiger partial charge in [-0.15, -0.1) is 0 Å². The molecule has 1 saturated heterocycles. The van der Waals surface area contributed by atoms with Crippen LogP contribution in [0, 0.1) is 0 Å². The molecule has 1 fully saturated rings. The van der Waals surface area contributed by atoms with Crippen molar-refractivity contribution in [3.05, 3.63) is 83.7 Å². The number of aromatic nitrogens is 1. The average Bonchev–Trinajstić information content (AvgIpc) is 3.02. The number of Topliss-reactive ketones (excluding diaryl/α,β-unsaturated/α-hetero) is 1. The zero-order chi connectivity index (χ0) is 20.4. The number of aliphatic hydroxyl groups excluding tert-OH is 1. The first kappa shape index (κ1) is 18.8. The van der Waals surface area contributed by atoms with Crippen LogP contribution in [0.3, 0.4) is 0 Å². The molecule has 1 aliphatic rings. The van der Waals surface area contributed by atoms with Crippen LogP contribution in [0.5, 0.6) is 0 Å². The molecule has 1 N–H and O–H groups in total. The van der Waals surface area contributed by atoms with Gasteiger partial charge in [0, 0.05) is 31.6 Å². The van der Waals surface area contributed by atoms with Crippen molar-refractivity contribution < 1.29 is 19.4 Å². The molecule has 29 heavy (non-hydrogen) atoms. The van der Waals surface area contributed by atoms with E-state index in [1.165, 1.54) is 12.0 Å². The topological polar surface area (TPSA) is 79.7 Å². The van der Waals surface area contributed by atoms with Crippen molar-refractivity contribution in [2.45, 2.75) is 6.04 Å². The molecule has 0 radical (unpaired) electrons. The van der Waals surface area contributed by atoms with E-state index in [0.717, 1.165) is 10.8 Å². The molecule has 1 amide bonds. The van der Waals surface area contributed by atoms with E-state index in [0.29, 0.717) is 11.1 Å². The Morgan fingerprint density at radius 2 is 1.79 bits per heavy atom. The first-order valence-corrected chi connectivity index (χ1v) is 9.28. The highest BCUT2D eigenvalue weighted by atomic mass is 16.5.